The van der Waals surface area contributed by atoms with Gasteiger partial charge in [0.15, 0.2) is 11.6 Å². The molecular formula is C25H28FN7O3. The van der Waals surface area contributed by atoms with Gasteiger partial charge in [0, 0.05) is 31.0 Å². The Morgan fingerprint density at radius 3 is 2.92 bits per heavy atom. The molecule has 188 valence electrons. The zero-order valence-corrected chi connectivity index (χ0v) is 19.8. The van der Waals surface area contributed by atoms with Gasteiger partial charge in [-0.1, -0.05) is 19.1 Å². The highest BCUT2D eigenvalue weighted by Gasteiger charge is 2.44. The molecule has 0 radical (unpaired) electrons. The summed E-state index contributed by atoms with van der Waals surface area (Å²) in [5, 5.41) is 27.4. The Balaban J connectivity index is 1.17. The Morgan fingerprint density at radius 2 is 2.14 bits per heavy atom. The Hall–Kier alpha value is -3.44. The highest BCUT2D eigenvalue weighted by molar-refractivity contribution is 6.02. The van der Waals surface area contributed by atoms with Crippen LogP contribution in [0.15, 0.2) is 61.8 Å². The summed E-state index contributed by atoms with van der Waals surface area (Å²) in [6, 6.07) is 3.61. The summed E-state index contributed by atoms with van der Waals surface area (Å²) in [4.78, 5) is 22.8. The lowest BCUT2D eigenvalue weighted by Crippen LogP contribution is -2.48. The summed E-state index contributed by atoms with van der Waals surface area (Å²) >= 11 is 0. The summed E-state index contributed by atoms with van der Waals surface area (Å²) < 4.78 is 19.6. The zero-order chi connectivity index (χ0) is 24.8. The van der Waals surface area contributed by atoms with Crippen molar-refractivity contribution in [1.82, 2.24) is 16.0 Å². The van der Waals surface area contributed by atoms with Gasteiger partial charge >= 0.3 is 0 Å². The molecule has 2 saturated heterocycles. The maximum Gasteiger partial charge on any atom is 0.267 e. The van der Waals surface area contributed by atoms with Gasteiger partial charge in [-0.25, -0.2) is 9.38 Å². The number of benzene rings is 1. The highest BCUT2D eigenvalue weighted by Crippen LogP contribution is 2.32. The van der Waals surface area contributed by atoms with Crippen LogP contribution in [0.3, 0.4) is 0 Å². The van der Waals surface area contributed by atoms with Crippen LogP contribution in [-0.4, -0.2) is 67.1 Å². The molecule has 0 spiro atoms. The number of azo groups is 1. The number of nitrogens with zero attached hydrogens (tertiary/aromatic N) is 4. The van der Waals surface area contributed by atoms with Crippen molar-refractivity contribution in [3.63, 3.8) is 0 Å². The third-order valence-electron chi connectivity index (χ3n) is 7.39. The number of ether oxygens (including phenoxy) is 1. The van der Waals surface area contributed by atoms with Crippen LogP contribution in [0, 0.1) is 17.7 Å². The predicted molar refractivity (Wildman–Crippen MR) is 130 cm³/mol. The number of aromatic hydroxyl groups is 1. The van der Waals surface area contributed by atoms with Crippen LogP contribution in [-0.2, 0) is 9.53 Å². The Morgan fingerprint density at radius 1 is 1.31 bits per heavy atom. The molecule has 0 aliphatic carbocycles. The molecule has 4 N–H and O–H groups in total. The lowest BCUT2D eigenvalue weighted by molar-refractivity contribution is -0.119. The number of carbonyl (C=O) groups excluding carboxylic acids is 1. The fraction of sp³-hybridized carbons (Fsp3) is 0.480. The molecule has 2 fully saturated rings. The topological polar surface area (TPSA) is 135 Å². The molecule has 0 saturated carbocycles. The number of amides is 1. The molecule has 1 aromatic rings. The van der Waals surface area contributed by atoms with E-state index in [4.69, 9.17) is 9.73 Å². The molecule has 1 amide bonds. The summed E-state index contributed by atoms with van der Waals surface area (Å²) in [5.74, 6) is -0.865. The quantitative estimate of drug-likeness (QED) is 0.464. The van der Waals surface area contributed by atoms with Gasteiger partial charge in [-0.15, -0.1) is 0 Å². The van der Waals surface area contributed by atoms with Crippen LogP contribution in [0.5, 0.6) is 5.75 Å². The number of rotatable bonds is 5. The van der Waals surface area contributed by atoms with E-state index in [-0.39, 0.29) is 42.2 Å². The number of fused-ring (bicyclic) bond motifs is 2. The molecule has 0 aromatic heterocycles. The fourth-order valence-electron chi connectivity index (χ4n) is 5.21. The molecular weight excluding hydrogens is 465 g/mol. The number of carbonyl (C=O) groups is 1. The summed E-state index contributed by atoms with van der Waals surface area (Å²) in [6.07, 6.45) is 6.74. The van der Waals surface area contributed by atoms with E-state index in [1.807, 2.05) is 6.08 Å². The Bertz CT molecular complexity index is 1220. The van der Waals surface area contributed by atoms with Gasteiger partial charge in [-0.2, -0.15) is 10.2 Å². The van der Waals surface area contributed by atoms with E-state index in [0.29, 0.717) is 24.4 Å². The highest BCUT2D eigenvalue weighted by atomic mass is 19.1. The molecule has 6 rings (SSSR count). The van der Waals surface area contributed by atoms with Crippen LogP contribution in [0.4, 0.5) is 4.39 Å². The molecule has 10 nitrogen and oxygen atoms in total. The number of phenols is 1. The molecule has 5 heterocycles. The smallest absolute Gasteiger partial charge is 0.267 e. The molecule has 6 unspecified atom stereocenters. The molecule has 5 aliphatic heterocycles. The van der Waals surface area contributed by atoms with Gasteiger partial charge in [0.2, 0.25) is 0 Å². The zero-order valence-electron chi connectivity index (χ0n) is 19.8. The first-order chi connectivity index (χ1) is 17.5. The SMILES string of the molecule is CC1C(=NC2CNC3OC3C2)N=CC2=CC=C(C(=O)NC(c3ccc(O)c(F)c3)C3CN=NC3)NC21. The average Bonchev–Trinajstić information content (AvgIpc) is 3.45. The number of nitrogens with one attached hydrogen (secondary N) is 3. The molecule has 11 heteroatoms. The van der Waals surface area contributed by atoms with Crippen molar-refractivity contribution in [2.45, 2.75) is 43.8 Å². The van der Waals surface area contributed by atoms with E-state index < -0.39 is 17.6 Å². The molecule has 6 atom stereocenters. The van der Waals surface area contributed by atoms with Gasteiger partial charge in [0.05, 0.1) is 31.2 Å². The van der Waals surface area contributed by atoms with Gasteiger partial charge in [0.25, 0.3) is 5.91 Å². The molecule has 1 aromatic carbocycles. The maximum atomic E-state index is 14.1. The average molecular weight is 494 g/mol. The first-order valence-electron chi connectivity index (χ1n) is 12.3. The van der Waals surface area contributed by atoms with E-state index in [9.17, 15) is 14.3 Å². The lowest BCUT2D eigenvalue weighted by Gasteiger charge is -2.34. The van der Waals surface area contributed by atoms with Crippen LogP contribution < -0.4 is 16.0 Å². The Labute approximate surface area is 207 Å². The van der Waals surface area contributed by atoms with E-state index >= 15 is 0 Å². The Kier molecular flexibility index (Phi) is 5.88. The lowest BCUT2D eigenvalue weighted by atomic mass is 9.88. The van der Waals surface area contributed by atoms with Crippen LogP contribution in [0.1, 0.15) is 24.9 Å². The first kappa shape index (κ1) is 23.0. The number of aliphatic imine (C=N–C) groups is 2. The van der Waals surface area contributed by atoms with Gasteiger partial charge in [-0.05, 0) is 29.3 Å². The van der Waals surface area contributed by atoms with E-state index in [1.165, 1.54) is 12.1 Å². The van der Waals surface area contributed by atoms with Crippen molar-refractivity contribution in [3.05, 3.63) is 53.0 Å². The normalized spacial score (nSPS) is 32.7. The van der Waals surface area contributed by atoms with Gasteiger partial charge < -0.3 is 20.5 Å². The van der Waals surface area contributed by atoms with E-state index in [1.54, 1.807) is 18.4 Å². The number of piperidine rings is 1. The number of allylic oxidation sites excluding steroid dienone is 2. The van der Waals surface area contributed by atoms with Crippen LogP contribution >= 0.6 is 0 Å². The molecule has 0 bridgehead atoms. The number of dihydropyridines is 1. The summed E-state index contributed by atoms with van der Waals surface area (Å²) in [5.41, 5.74) is 1.95. The summed E-state index contributed by atoms with van der Waals surface area (Å²) in [7, 11) is 0. The maximum absolute atomic E-state index is 14.1. The van der Waals surface area contributed by atoms with Crippen molar-refractivity contribution in [2.24, 2.45) is 32.0 Å². The number of hydrogen-bond acceptors (Lipinski definition) is 8. The summed E-state index contributed by atoms with van der Waals surface area (Å²) in [6.45, 7) is 3.68. The number of halogens is 1. The first-order valence-corrected chi connectivity index (χ1v) is 12.3. The number of hydrogen-bond donors (Lipinski definition) is 4. The number of phenolic OH excluding ortho intramolecular Hbond substituents is 1. The second-order valence-electron chi connectivity index (χ2n) is 9.87. The fourth-order valence-corrected chi connectivity index (χ4v) is 5.21. The number of amidine groups is 1. The molecule has 36 heavy (non-hydrogen) atoms. The second-order valence-corrected chi connectivity index (χ2v) is 9.87. The van der Waals surface area contributed by atoms with Crippen molar-refractivity contribution in [2.75, 3.05) is 19.6 Å². The van der Waals surface area contributed by atoms with E-state index in [2.05, 4.69) is 38.1 Å². The van der Waals surface area contributed by atoms with Crippen molar-refractivity contribution in [3.8, 4) is 5.75 Å². The van der Waals surface area contributed by atoms with Gasteiger partial charge in [0.1, 0.15) is 23.9 Å². The standard InChI is InChI=1S/C25H28FN7O3/c1-12-21-14(8-27-23(12)31-16-7-20-25(36-20)28-11-16)2-4-18(32-21)24(35)33-22(15-9-29-30-10-15)13-3-5-19(34)17(26)6-13/h2-6,8,12,15-16,20-22,25,28,32,34H,7,9-11H2,1H3,(H,33,35). The van der Waals surface area contributed by atoms with Gasteiger partial charge in [-0.3, -0.25) is 15.1 Å². The minimum Gasteiger partial charge on any atom is -0.505 e. The predicted octanol–water partition coefficient (Wildman–Crippen LogP) is 1.76. The largest absolute Gasteiger partial charge is 0.505 e. The minimum atomic E-state index is -0.736. The van der Waals surface area contributed by atoms with Crippen LogP contribution in [0.25, 0.3) is 0 Å². The number of epoxide rings is 1. The third kappa shape index (κ3) is 4.44. The minimum absolute atomic E-state index is 0.0370. The third-order valence-corrected chi connectivity index (χ3v) is 7.39. The molecule has 5 aliphatic rings. The van der Waals surface area contributed by atoms with E-state index in [0.717, 1.165) is 24.4 Å². The van der Waals surface area contributed by atoms with Crippen molar-refractivity contribution in [1.29, 1.82) is 0 Å². The monoisotopic (exact) mass is 493 g/mol. The second kappa shape index (κ2) is 9.21. The van der Waals surface area contributed by atoms with Crippen molar-refractivity contribution < 1.29 is 19.0 Å². The van der Waals surface area contributed by atoms with Crippen LogP contribution in [0.2, 0.25) is 0 Å². The van der Waals surface area contributed by atoms with Crippen molar-refractivity contribution >= 4 is 18.0 Å².